The molecule has 0 bridgehead atoms. The van der Waals surface area contributed by atoms with Crippen molar-refractivity contribution in [3.05, 3.63) is 53.1 Å². The Labute approximate surface area is 147 Å². The third-order valence-electron chi connectivity index (χ3n) is 4.25. The van der Waals surface area contributed by atoms with Crippen LogP contribution in [-0.2, 0) is 16.4 Å². The van der Waals surface area contributed by atoms with Crippen LogP contribution in [0.25, 0.3) is 0 Å². The lowest BCUT2D eigenvalue weighted by Crippen LogP contribution is -2.35. The van der Waals surface area contributed by atoms with Crippen molar-refractivity contribution in [2.24, 2.45) is 0 Å². The van der Waals surface area contributed by atoms with Gasteiger partial charge in [0.05, 0.1) is 21.3 Å². The van der Waals surface area contributed by atoms with E-state index in [1.54, 1.807) is 6.20 Å². The highest BCUT2D eigenvalue weighted by Crippen LogP contribution is 2.31. The molecule has 3 rings (SSSR count). The molecule has 2 aromatic rings. The van der Waals surface area contributed by atoms with Gasteiger partial charge in [-0.2, -0.15) is 0 Å². The fraction of sp³-hybridized carbons (Fsp3) is 0.412. The second-order valence-electron chi connectivity index (χ2n) is 6.20. The van der Waals surface area contributed by atoms with E-state index in [4.69, 9.17) is 11.6 Å². The Hall–Kier alpha value is -1.50. The third-order valence-corrected chi connectivity index (χ3v) is 5.58. The van der Waals surface area contributed by atoms with Crippen LogP contribution in [0.5, 0.6) is 0 Å². The molecule has 128 valence electrons. The maximum Gasteiger partial charge on any atom is 0.177 e. The van der Waals surface area contributed by atoms with Crippen molar-refractivity contribution in [2.45, 2.75) is 30.2 Å². The lowest BCUT2D eigenvalue weighted by Gasteiger charge is -2.32. The first kappa shape index (κ1) is 17.3. The van der Waals surface area contributed by atoms with Crippen molar-refractivity contribution in [3.8, 4) is 0 Å². The molecule has 1 atom stereocenters. The first-order valence-electron chi connectivity index (χ1n) is 7.91. The number of likely N-dealkylation sites (tertiary alicyclic amines) is 1. The predicted molar refractivity (Wildman–Crippen MR) is 93.8 cm³/mol. The average molecular weight is 366 g/mol. The van der Waals surface area contributed by atoms with Crippen LogP contribution >= 0.6 is 11.6 Å². The molecule has 0 saturated carbocycles. The standard InChI is InChI=1S/C17H20ClN3O2S/c1-24(22,23)16-9-14(18)10-20-17(16)13-5-4-8-21(11-13)12-15-6-2-3-7-19-15/h2-3,6-7,9-10,13H,4-5,8,11-12H2,1H3/t13-/m1/s1. The van der Waals surface area contributed by atoms with E-state index in [2.05, 4.69) is 14.9 Å². The van der Waals surface area contributed by atoms with Gasteiger partial charge in [-0.05, 0) is 37.6 Å². The summed E-state index contributed by atoms with van der Waals surface area (Å²) in [6.07, 6.45) is 6.46. The summed E-state index contributed by atoms with van der Waals surface area (Å²) in [6, 6.07) is 7.40. The van der Waals surface area contributed by atoms with Crippen molar-refractivity contribution in [2.75, 3.05) is 19.3 Å². The summed E-state index contributed by atoms with van der Waals surface area (Å²) in [5, 5.41) is 0.348. The van der Waals surface area contributed by atoms with Gasteiger partial charge in [-0.25, -0.2) is 8.42 Å². The molecule has 0 unspecified atom stereocenters. The Morgan fingerprint density at radius 3 is 2.88 bits per heavy atom. The van der Waals surface area contributed by atoms with E-state index in [1.165, 1.54) is 18.5 Å². The van der Waals surface area contributed by atoms with E-state index < -0.39 is 9.84 Å². The van der Waals surface area contributed by atoms with Crippen LogP contribution in [0.2, 0.25) is 5.02 Å². The van der Waals surface area contributed by atoms with Crippen molar-refractivity contribution in [1.82, 2.24) is 14.9 Å². The van der Waals surface area contributed by atoms with E-state index >= 15 is 0 Å². The highest BCUT2D eigenvalue weighted by Gasteiger charge is 2.27. The zero-order valence-corrected chi connectivity index (χ0v) is 15.1. The fourth-order valence-corrected chi connectivity index (χ4v) is 4.34. The molecule has 0 spiro atoms. The molecule has 1 fully saturated rings. The zero-order chi connectivity index (χ0) is 17.2. The molecule has 1 aliphatic heterocycles. The quantitative estimate of drug-likeness (QED) is 0.833. The van der Waals surface area contributed by atoms with Gasteiger partial charge in [-0.1, -0.05) is 17.7 Å². The maximum atomic E-state index is 12.1. The van der Waals surface area contributed by atoms with Crippen molar-refractivity contribution >= 4 is 21.4 Å². The molecule has 0 radical (unpaired) electrons. The molecule has 0 amide bonds. The number of sulfone groups is 1. The third kappa shape index (κ3) is 4.12. The van der Waals surface area contributed by atoms with Gasteiger partial charge in [-0.15, -0.1) is 0 Å². The Morgan fingerprint density at radius 1 is 1.33 bits per heavy atom. The Balaban J connectivity index is 1.83. The second-order valence-corrected chi connectivity index (χ2v) is 8.63. The van der Waals surface area contributed by atoms with E-state index in [-0.39, 0.29) is 10.8 Å². The summed E-state index contributed by atoms with van der Waals surface area (Å²) in [6.45, 7) is 2.52. The minimum atomic E-state index is -3.36. The van der Waals surface area contributed by atoms with E-state index in [0.717, 1.165) is 38.2 Å². The Morgan fingerprint density at radius 2 is 2.17 bits per heavy atom. The molecule has 0 aliphatic carbocycles. The SMILES string of the molecule is CS(=O)(=O)c1cc(Cl)cnc1[C@@H]1CCCN(Cc2ccccn2)C1. The van der Waals surface area contributed by atoms with Crippen LogP contribution in [0, 0.1) is 0 Å². The number of piperidine rings is 1. The molecule has 1 saturated heterocycles. The monoisotopic (exact) mass is 365 g/mol. The molecule has 3 heterocycles. The lowest BCUT2D eigenvalue weighted by molar-refractivity contribution is 0.195. The predicted octanol–water partition coefficient (Wildman–Crippen LogP) is 2.91. The van der Waals surface area contributed by atoms with Crippen LogP contribution < -0.4 is 0 Å². The first-order valence-corrected chi connectivity index (χ1v) is 10.2. The topological polar surface area (TPSA) is 63.2 Å². The summed E-state index contributed by atoms with van der Waals surface area (Å²) in [4.78, 5) is 11.3. The van der Waals surface area contributed by atoms with E-state index in [0.29, 0.717) is 10.7 Å². The van der Waals surface area contributed by atoms with Gasteiger partial charge >= 0.3 is 0 Å². The molecule has 24 heavy (non-hydrogen) atoms. The number of pyridine rings is 2. The summed E-state index contributed by atoms with van der Waals surface area (Å²) in [5.41, 5.74) is 1.65. The molecule has 7 heteroatoms. The van der Waals surface area contributed by atoms with Gasteiger partial charge in [0.25, 0.3) is 0 Å². The van der Waals surface area contributed by atoms with Gasteiger partial charge in [-0.3, -0.25) is 14.9 Å². The smallest absolute Gasteiger partial charge is 0.177 e. The maximum absolute atomic E-state index is 12.1. The van der Waals surface area contributed by atoms with Crippen LogP contribution in [0.15, 0.2) is 41.6 Å². The highest BCUT2D eigenvalue weighted by molar-refractivity contribution is 7.90. The van der Waals surface area contributed by atoms with E-state index in [1.807, 2.05) is 18.2 Å². The van der Waals surface area contributed by atoms with Gasteiger partial charge < -0.3 is 0 Å². The van der Waals surface area contributed by atoms with Gasteiger partial charge in [0.15, 0.2) is 9.84 Å². The van der Waals surface area contributed by atoms with E-state index in [9.17, 15) is 8.42 Å². The van der Waals surface area contributed by atoms with Crippen molar-refractivity contribution in [1.29, 1.82) is 0 Å². The van der Waals surface area contributed by atoms with Gasteiger partial charge in [0.2, 0.25) is 0 Å². The number of rotatable bonds is 4. The first-order chi connectivity index (χ1) is 11.4. The Bertz CT molecular complexity index is 812. The van der Waals surface area contributed by atoms with Crippen LogP contribution in [-0.4, -0.2) is 42.6 Å². The number of hydrogen-bond acceptors (Lipinski definition) is 5. The number of hydrogen-bond donors (Lipinski definition) is 0. The fourth-order valence-electron chi connectivity index (χ4n) is 3.18. The molecular formula is C17H20ClN3O2S. The molecule has 1 aliphatic rings. The molecule has 0 N–H and O–H groups in total. The second kappa shape index (κ2) is 7.17. The summed E-state index contributed by atoms with van der Waals surface area (Å²) in [5.74, 6) is 0.0875. The molecular weight excluding hydrogens is 346 g/mol. The average Bonchev–Trinajstić information content (AvgIpc) is 2.55. The molecule has 2 aromatic heterocycles. The Kier molecular flexibility index (Phi) is 5.18. The normalized spacial score (nSPS) is 19.3. The van der Waals surface area contributed by atoms with Crippen LogP contribution in [0.1, 0.15) is 30.1 Å². The largest absolute Gasteiger partial charge is 0.297 e. The summed E-state index contributed by atoms with van der Waals surface area (Å²) < 4.78 is 24.2. The molecule has 0 aromatic carbocycles. The molecule has 5 nitrogen and oxygen atoms in total. The van der Waals surface area contributed by atoms with Gasteiger partial charge in [0.1, 0.15) is 0 Å². The summed E-state index contributed by atoms with van der Waals surface area (Å²) in [7, 11) is -3.36. The lowest BCUT2D eigenvalue weighted by atomic mass is 9.94. The highest BCUT2D eigenvalue weighted by atomic mass is 35.5. The number of nitrogens with zero attached hydrogens (tertiary/aromatic N) is 3. The zero-order valence-electron chi connectivity index (χ0n) is 13.5. The van der Waals surface area contributed by atoms with Crippen molar-refractivity contribution in [3.63, 3.8) is 0 Å². The van der Waals surface area contributed by atoms with Gasteiger partial charge in [0, 0.05) is 37.7 Å². The minimum absolute atomic E-state index is 0.0875. The summed E-state index contributed by atoms with van der Waals surface area (Å²) >= 11 is 5.95. The van der Waals surface area contributed by atoms with Crippen LogP contribution in [0.4, 0.5) is 0 Å². The number of halogens is 1. The minimum Gasteiger partial charge on any atom is -0.297 e. The van der Waals surface area contributed by atoms with Crippen molar-refractivity contribution < 1.29 is 8.42 Å². The van der Waals surface area contributed by atoms with Crippen LogP contribution in [0.3, 0.4) is 0 Å². The number of aromatic nitrogens is 2.